The van der Waals surface area contributed by atoms with Gasteiger partial charge in [0.1, 0.15) is 5.75 Å². The van der Waals surface area contributed by atoms with Crippen LogP contribution in [0.15, 0.2) is 24.3 Å². The van der Waals surface area contributed by atoms with Crippen molar-refractivity contribution in [1.29, 1.82) is 0 Å². The van der Waals surface area contributed by atoms with E-state index in [1.54, 1.807) is 24.3 Å². The van der Waals surface area contributed by atoms with Gasteiger partial charge in [-0.25, -0.2) is 8.42 Å². The minimum atomic E-state index is -3.56. The normalized spacial score (nSPS) is 11.5. The zero-order valence-electron chi connectivity index (χ0n) is 11.0. The Morgan fingerprint density at radius 2 is 2.11 bits per heavy atom. The Balaban J connectivity index is 2.83. The van der Waals surface area contributed by atoms with Crippen molar-refractivity contribution in [2.24, 2.45) is 5.73 Å². The number of sulfonamides is 1. The van der Waals surface area contributed by atoms with E-state index in [1.807, 2.05) is 6.92 Å². The van der Waals surface area contributed by atoms with E-state index < -0.39 is 15.9 Å². The van der Waals surface area contributed by atoms with Crippen LogP contribution in [0.1, 0.15) is 12.5 Å². The van der Waals surface area contributed by atoms with Crippen molar-refractivity contribution in [1.82, 2.24) is 4.31 Å². The summed E-state index contributed by atoms with van der Waals surface area (Å²) in [5.74, 6) is -0.264. The Labute approximate surface area is 113 Å². The second-order valence-corrected chi connectivity index (χ2v) is 6.13. The Kier molecular flexibility index (Phi) is 5.31. The summed E-state index contributed by atoms with van der Waals surface area (Å²) >= 11 is 0. The summed E-state index contributed by atoms with van der Waals surface area (Å²) in [6.07, 6.45) is 0. The number of carbonyl (C=O) groups excluding carboxylic acids is 1. The molecule has 0 saturated heterocycles. The predicted molar refractivity (Wildman–Crippen MR) is 72.1 cm³/mol. The standard InChI is InChI=1S/C12H18N2O4S/c1-3-18-11-6-4-5-10(7-11)9-19(16,17)14(2)8-12(13)15/h4-7H,3,8-9H2,1-2H3,(H2,13,15). The molecule has 0 atom stereocenters. The number of amides is 1. The summed E-state index contributed by atoms with van der Waals surface area (Å²) < 4.78 is 30.2. The molecule has 7 heteroatoms. The van der Waals surface area contributed by atoms with E-state index in [0.29, 0.717) is 17.9 Å². The van der Waals surface area contributed by atoms with Crippen molar-refractivity contribution in [3.05, 3.63) is 29.8 Å². The van der Waals surface area contributed by atoms with Gasteiger partial charge in [0, 0.05) is 7.05 Å². The molecule has 0 fully saturated rings. The monoisotopic (exact) mass is 286 g/mol. The Bertz CT molecular complexity index is 542. The zero-order valence-corrected chi connectivity index (χ0v) is 11.8. The van der Waals surface area contributed by atoms with Crippen LogP contribution in [0, 0.1) is 0 Å². The third-order valence-corrected chi connectivity index (χ3v) is 4.19. The first-order valence-corrected chi connectivity index (χ1v) is 7.40. The van der Waals surface area contributed by atoms with Crippen LogP contribution in [0.4, 0.5) is 0 Å². The fourth-order valence-electron chi connectivity index (χ4n) is 1.53. The van der Waals surface area contributed by atoms with Gasteiger partial charge >= 0.3 is 0 Å². The zero-order chi connectivity index (χ0) is 14.5. The Hall–Kier alpha value is -1.60. The summed E-state index contributed by atoms with van der Waals surface area (Å²) in [6, 6.07) is 6.84. The number of primary amides is 1. The topological polar surface area (TPSA) is 89.7 Å². The lowest BCUT2D eigenvalue weighted by molar-refractivity contribution is -0.118. The second-order valence-electron chi connectivity index (χ2n) is 4.06. The molecule has 0 spiro atoms. The molecule has 0 unspecified atom stereocenters. The SMILES string of the molecule is CCOc1cccc(CS(=O)(=O)N(C)CC(N)=O)c1. The van der Waals surface area contributed by atoms with Crippen molar-refractivity contribution in [2.45, 2.75) is 12.7 Å². The average Bonchev–Trinajstić information content (AvgIpc) is 2.28. The third-order valence-electron chi connectivity index (χ3n) is 2.41. The van der Waals surface area contributed by atoms with Crippen LogP contribution in [-0.4, -0.2) is 38.8 Å². The van der Waals surface area contributed by atoms with E-state index in [-0.39, 0.29) is 12.3 Å². The fraction of sp³-hybridized carbons (Fsp3) is 0.417. The lowest BCUT2D eigenvalue weighted by Crippen LogP contribution is -2.36. The van der Waals surface area contributed by atoms with Crippen LogP contribution in [-0.2, 0) is 20.6 Å². The fourth-order valence-corrected chi connectivity index (χ4v) is 2.68. The van der Waals surface area contributed by atoms with Crippen LogP contribution in [0.5, 0.6) is 5.75 Å². The predicted octanol–water partition coefficient (Wildman–Crippen LogP) is 0.332. The molecule has 0 heterocycles. The molecule has 0 bridgehead atoms. The summed E-state index contributed by atoms with van der Waals surface area (Å²) in [5.41, 5.74) is 5.58. The first-order valence-electron chi connectivity index (χ1n) is 5.79. The van der Waals surface area contributed by atoms with Gasteiger partial charge in [-0.15, -0.1) is 0 Å². The molecular formula is C12H18N2O4S. The van der Waals surface area contributed by atoms with Crippen LogP contribution >= 0.6 is 0 Å². The van der Waals surface area contributed by atoms with Gasteiger partial charge in [0.2, 0.25) is 15.9 Å². The van der Waals surface area contributed by atoms with Gasteiger partial charge < -0.3 is 10.5 Å². The molecule has 1 amide bonds. The maximum absolute atomic E-state index is 12.0. The highest BCUT2D eigenvalue weighted by Gasteiger charge is 2.20. The molecule has 0 saturated carbocycles. The van der Waals surface area contributed by atoms with Crippen molar-refractivity contribution in [2.75, 3.05) is 20.2 Å². The van der Waals surface area contributed by atoms with Crippen LogP contribution in [0.2, 0.25) is 0 Å². The smallest absolute Gasteiger partial charge is 0.232 e. The third kappa shape index (κ3) is 4.88. The van der Waals surface area contributed by atoms with Gasteiger partial charge in [0.15, 0.2) is 0 Å². The highest BCUT2D eigenvalue weighted by molar-refractivity contribution is 7.88. The maximum atomic E-state index is 12.0. The molecule has 0 aliphatic carbocycles. The van der Waals surface area contributed by atoms with Crippen LogP contribution in [0.3, 0.4) is 0 Å². The van der Waals surface area contributed by atoms with Crippen molar-refractivity contribution in [3.63, 3.8) is 0 Å². The molecule has 0 aromatic heterocycles. The van der Waals surface area contributed by atoms with E-state index in [9.17, 15) is 13.2 Å². The lowest BCUT2D eigenvalue weighted by Gasteiger charge is -2.15. The summed E-state index contributed by atoms with van der Waals surface area (Å²) in [6.45, 7) is 2.04. The van der Waals surface area contributed by atoms with E-state index in [0.717, 1.165) is 4.31 Å². The molecular weight excluding hydrogens is 268 g/mol. The number of rotatable bonds is 7. The van der Waals surface area contributed by atoms with E-state index >= 15 is 0 Å². The van der Waals surface area contributed by atoms with E-state index in [1.165, 1.54) is 7.05 Å². The summed E-state index contributed by atoms with van der Waals surface area (Å²) in [7, 11) is -2.24. The van der Waals surface area contributed by atoms with Crippen molar-refractivity contribution in [3.8, 4) is 5.75 Å². The van der Waals surface area contributed by atoms with Crippen LogP contribution in [0.25, 0.3) is 0 Å². The van der Waals surface area contributed by atoms with Gasteiger partial charge in [-0.3, -0.25) is 4.79 Å². The highest BCUT2D eigenvalue weighted by Crippen LogP contribution is 2.16. The number of benzene rings is 1. The van der Waals surface area contributed by atoms with E-state index in [2.05, 4.69) is 0 Å². The molecule has 1 aromatic carbocycles. The van der Waals surface area contributed by atoms with Gasteiger partial charge in [0.05, 0.1) is 18.9 Å². The van der Waals surface area contributed by atoms with Crippen molar-refractivity contribution < 1.29 is 17.9 Å². The Morgan fingerprint density at radius 1 is 1.42 bits per heavy atom. The summed E-state index contributed by atoms with van der Waals surface area (Å²) in [5, 5.41) is 0. The second kappa shape index (κ2) is 6.53. The highest BCUT2D eigenvalue weighted by atomic mass is 32.2. The molecule has 19 heavy (non-hydrogen) atoms. The molecule has 0 radical (unpaired) electrons. The van der Waals surface area contributed by atoms with Gasteiger partial charge in [-0.1, -0.05) is 12.1 Å². The van der Waals surface area contributed by atoms with Crippen LogP contribution < -0.4 is 10.5 Å². The molecule has 1 rings (SSSR count). The van der Waals surface area contributed by atoms with Gasteiger partial charge in [-0.05, 0) is 24.6 Å². The minimum Gasteiger partial charge on any atom is -0.494 e. The Morgan fingerprint density at radius 3 is 2.68 bits per heavy atom. The number of nitrogens with two attached hydrogens (primary N) is 1. The number of hydrogen-bond acceptors (Lipinski definition) is 4. The summed E-state index contributed by atoms with van der Waals surface area (Å²) in [4.78, 5) is 10.7. The number of ether oxygens (including phenoxy) is 1. The first kappa shape index (κ1) is 15.5. The largest absolute Gasteiger partial charge is 0.494 e. The molecule has 2 N–H and O–H groups in total. The molecule has 0 aliphatic heterocycles. The number of carbonyl (C=O) groups is 1. The quantitative estimate of drug-likeness (QED) is 0.782. The molecule has 6 nitrogen and oxygen atoms in total. The average molecular weight is 286 g/mol. The lowest BCUT2D eigenvalue weighted by atomic mass is 10.2. The molecule has 106 valence electrons. The van der Waals surface area contributed by atoms with Gasteiger partial charge in [0.25, 0.3) is 0 Å². The van der Waals surface area contributed by atoms with Gasteiger partial charge in [-0.2, -0.15) is 4.31 Å². The maximum Gasteiger partial charge on any atom is 0.232 e. The first-order chi connectivity index (χ1) is 8.85. The minimum absolute atomic E-state index is 0.197. The molecule has 0 aliphatic rings. The number of likely N-dealkylation sites (N-methyl/N-ethyl adjacent to an activating group) is 1. The number of hydrogen-bond donors (Lipinski definition) is 1. The van der Waals surface area contributed by atoms with E-state index in [4.69, 9.17) is 10.5 Å². The number of nitrogens with zero attached hydrogens (tertiary/aromatic N) is 1. The van der Waals surface area contributed by atoms with Crippen molar-refractivity contribution >= 4 is 15.9 Å². The molecule has 1 aromatic rings.